The first kappa shape index (κ1) is 27.6. The van der Waals surface area contributed by atoms with Crippen molar-refractivity contribution in [2.75, 3.05) is 0 Å². The Morgan fingerprint density at radius 3 is 1.18 bits per heavy atom. The second-order valence-corrected chi connectivity index (χ2v) is 12.0. The Hall–Kier alpha value is -2.97. The summed E-state index contributed by atoms with van der Waals surface area (Å²) in [7, 11) is 9.40. The minimum absolute atomic E-state index is 0.569. The number of hydrogen-bond donors (Lipinski definition) is 0. The molecule has 200 valence electrons. The maximum atomic E-state index is 5.41. The molecule has 5 heteroatoms. The summed E-state index contributed by atoms with van der Waals surface area (Å²) in [4.78, 5) is 10.8. The van der Waals surface area contributed by atoms with Gasteiger partial charge in [0.15, 0.2) is 0 Å². The zero-order valence-electron chi connectivity index (χ0n) is 22.9. The third kappa shape index (κ3) is 5.16. The van der Waals surface area contributed by atoms with Crippen molar-refractivity contribution >= 4 is 64.1 Å². The Morgan fingerprint density at radius 2 is 0.846 bits per heavy atom. The van der Waals surface area contributed by atoms with E-state index in [1.54, 1.807) is 0 Å². The normalized spacial score (nSPS) is 12.6. The molecule has 0 radical (unpaired) electrons. The Labute approximate surface area is 244 Å². The van der Waals surface area contributed by atoms with Gasteiger partial charge in [0.25, 0.3) is 0 Å². The van der Waals surface area contributed by atoms with Gasteiger partial charge in [-0.25, -0.2) is 9.98 Å². The summed E-state index contributed by atoms with van der Waals surface area (Å²) >= 11 is 0.569. The molecule has 0 bridgehead atoms. The van der Waals surface area contributed by atoms with Gasteiger partial charge in [0.1, 0.15) is 0 Å². The zero-order chi connectivity index (χ0) is 27.8. The van der Waals surface area contributed by atoms with E-state index in [1.807, 2.05) is 0 Å². The number of rotatable bonds is 2. The third-order valence-electron chi connectivity index (χ3n) is 7.34. The van der Waals surface area contributed by atoms with Gasteiger partial charge >= 0.3 is 33.0 Å². The Bertz CT molecular complexity index is 1790. The van der Waals surface area contributed by atoms with E-state index >= 15 is 0 Å². The van der Waals surface area contributed by atoms with Crippen molar-refractivity contribution in [1.82, 2.24) is 0 Å². The van der Waals surface area contributed by atoms with E-state index in [9.17, 15) is 0 Å². The second-order valence-electron chi connectivity index (χ2n) is 10.3. The molecule has 0 aliphatic carbocycles. The fraction of sp³-hybridized carbons (Fsp3) is 0.176. The molecule has 0 saturated carbocycles. The first-order valence-corrected chi connectivity index (χ1v) is 15.6. The molecule has 6 aromatic carbocycles. The monoisotopic (exact) mass is 594 g/mol. The molecule has 0 aliphatic heterocycles. The van der Waals surface area contributed by atoms with Crippen molar-refractivity contribution in [3.8, 4) is 0 Å². The van der Waals surface area contributed by atoms with E-state index in [1.165, 1.54) is 54.9 Å². The van der Waals surface area contributed by atoms with Gasteiger partial charge in [0.05, 0.1) is 22.1 Å². The molecule has 0 N–H and O–H groups in total. The van der Waals surface area contributed by atoms with Crippen LogP contribution in [0.5, 0.6) is 0 Å². The minimum atomic E-state index is 0.569. The van der Waals surface area contributed by atoms with Crippen LogP contribution < -0.4 is 10.7 Å². The summed E-state index contributed by atoms with van der Waals surface area (Å²) in [5.41, 5.74) is 9.33. The predicted octanol–water partition coefficient (Wildman–Crippen LogP) is 9.71. The van der Waals surface area contributed by atoms with Crippen molar-refractivity contribution < 1.29 is 12.7 Å². The van der Waals surface area contributed by atoms with Crippen LogP contribution in [0, 0.1) is 41.5 Å². The van der Waals surface area contributed by atoms with Crippen LogP contribution in [0.4, 0.5) is 11.4 Å². The number of hydrogen-bond acceptors (Lipinski definition) is 2. The van der Waals surface area contributed by atoms with Crippen molar-refractivity contribution in [1.29, 1.82) is 0 Å². The summed E-state index contributed by atoms with van der Waals surface area (Å²) in [6, 6.07) is 26.4. The van der Waals surface area contributed by atoms with Crippen LogP contribution in [0.25, 0.3) is 32.3 Å². The van der Waals surface area contributed by atoms with E-state index in [4.69, 9.17) is 30.4 Å². The standard InChI is InChI=1S/C34H30N2.2ClH.Ni/c1-19-15-21(3)31(22(4)16-19)35-33-27-11-7-9-25-13-14-26-10-8-12-28(30(26)29(25)27)34(33)36-32-23(5)17-20(2)18-24(32)6;;;/h7-18H,1-6H3;2*1H;/q;;;+2/p-2. The van der Waals surface area contributed by atoms with E-state index in [2.05, 4.69) is 114 Å². The average molecular weight is 596 g/mol. The van der Waals surface area contributed by atoms with Crippen LogP contribution in [0.1, 0.15) is 33.4 Å². The van der Waals surface area contributed by atoms with Gasteiger partial charge in [-0.05, 0) is 85.3 Å². The molecule has 0 aromatic heterocycles. The van der Waals surface area contributed by atoms with Crippen molar-refractivity contribution in [3.63, 3.8) is 0 Å². The molecule has 0 unspecified atom stereocenters. The molecule has 0 aliphatic rings. The summed E-state index contributed by atoms with van der Waals surface area (Å²) < 4.78 is 0. The van der Waals surface area contributed by atoms with Crippen LogP contribution in [0.3, 0.4) is 0 Å². The first-order chi connectivity index (χ1) is 18.7. The van der Waals surface area contributed by atoms with Gasteiger partial charge in [-0.15, -0.1) is 0 Å². The van der Waals surface area contributed by atoms with Crippen LogP contribution >= 0.6 is 20.4 Å². The molecule has 0 fully saturated rings. The Kier molecular flexibility index (Phi) is 7.97. The molecule has 0 amide bonds. The molecule has 2 nitrogen and oxygen atoms in total. The first-order valence-electron chi connectivity index (χ1n) is 12.8. The zero-order valence-corrected chi connectivity index (χ0v) is 25.4. The topological polar surface area (TPSA) is 24.7 Å². The SMILES string of the molecule is Cc1cc(C)c(N=c2c(=Nc3c(C)cc(C)cc3C)c3cccc4ccc5cccc2c5c43)c(C)c1.[Cl][Ni][Cl]. The number of halogens is 2. The summed E-state index contributed by atoms with van der Waals surface area (Å²) in [5.74, 6) is 0. The van der Waals surface area contributed by atoms with Gasteiger partial charge < -0.3 is 0 Å². The van der Waals surface area contributed by atoms with E-state index in [0.29, 0.717) is 12.7 Å². The van der Waals surface area contributed by atoms with Crippen LogP contribution in [0.2, 0.25) is 0 Å². The molecule has 6 rings (SSSR count). The number of nitrogens with zero attached hydrogens (tertiary/aromatic N) is 2. The van der Waals surface area contributed by atoms with Crippen LogP contribution in [-0.4, -0.2) is 0 Å². The average Bonchev–Trinajstić information content (AvgIpc) is 2.88. The molecule has 0 heterocycles. The van der Waals surface area contributed by atoms with Gasteiger partial charge in [-0.2, -0.15) is 0 Å². The number of aryl methyl sites for hydroxylation is 6. The number of benzene rings is 6. The summed E-state index contributed by atoms with van der Waals surface area (Å²) in [5, 5.41) is 9.20. The van der Waals surface area contributed by atoms with Crippen molar-refractivity contribution in [3.05, 3.63) is 117 Å². The molecule has 0 saturated heterocycles. The van der Waals surface area contributed by atoms with E-state index in [-0.39, 0.29) is 0 Å². The quantitative estimate of drug-likeness (QED) is 0.141. The van der Waals surface area contributed by atoms with Gasteiger partial charge in [-0.1, -0.05) is 83.9 Å². The fourth-order valence-corrected chi connectivity index (χ4v) is 5.95. The Balaban J connectivity index is 0.000000983. The Morgan fingerprint density at radius 1 is 0.513 bits per heavy atom. The van der Waals surface area contributed by atoms with Gasteiger partial charge in [0.2, 0.25) is 0 Å². The third-order valence-corrected chi connectivity index (χ3v) is 7.34. The summed E-state index contributed by atoms with van der Waals surface area (Å²) in [6.45, 7) is 12.9. The molecular weight excluding hydrogens is 566 g/mol. The van der Waals surface area contributed by atoms with E-state index in [0.717, 1.165) is 32.9 Å². The molecular formula is C34H30Cl2N2Ni. The molecule has 0 atom stereocenters. The van der Waals surface area contributed by atoms with Gasteiger partial charge in [-0.3, -0.25) is 0 Å². The molecule has 0 spiro atoms. The maximum absolute atomic E-state index is 5.41. The summed E-state index contributed by atoms with van der Waals surface area (Å²) in [6.07, 6.45) is 0. The molecule has 39 heavy (non-hydrogen) atoms. The predicted molar refractivity (Wildman–Crippen MR) is 165 cm³/mol. The van der Waals surface area contributed by atoms with Crippen molar-refractivity contribution in [2.45, 2.75) is 41.5 Å². The fourth-order valence-electron chi connectivity index (χ4n) is 5.95. The van der Waals surface area contributed by atoms with Crippen LogP contribution in [0.15, 0.2) is 82.8 Å². The van der Waals surface area contributed by atoms with E-state index < -0.39 is 0 Å². The molecule has 6 aromatic rings. The van der Waals surface area contributed by atoms with Gasteiger partial charge in [0, 0.05) is 10.8 Å². The van der Waals surface area contributed by atoms with Crippen molar-refractivity contribution in [2.24, 2.45) is 9.98 Å². The second kappa shape index (κ2) is 11.3. The van der Waals surface area contributed by atoms with Crippen LogP contribution in [-0.2, 0) is 12.7 Å².